The maximum absolute atomic E-state index is 12.6. The minimum absolute atomic E-state index is 0.280. The van der Waals surface area contributed by atoms with Crippen LogP contribution in [0.25, 0.3) is 0 Å². The zero-order chi connectivity index (χ0) is 20.8. The van der Waals surface area contributed by atoms with Gasteiger partial charge >= 0.3 is 0 Å². The van der Waals surface area contributed by atoms with Crippen molar-refractivity contribution in [3.05, 3.63) is 77.6 Å². The Kier molecular flexibility index (Phi) is 6.09. The van der Waals surface area contributed by atoms with E-state index in [9.17, 15) is 9.59 Å². The van der Waals surface area contributed by atoms with Crippen LogP contribution < -0.4 is 20.1 Å². The summed E-state index contributed by atoms with van der Waals surface area (Å²) < 4.78 is 10.6. The molecule has 0 aliphatic rings. The molecule has 0 atom stereocenters. The number of pyridine rings is 1. The monoisotopic (exact) mass is 391 g/mol. The summed E-state index contributed by atoms with van der Waals surface area (Å²) in [6, 6.07) is 13.6. The van der Waals surface area contributed by atoms with E-state index in [2.05, 4.69) is 15.6 Å². The Bertz CT molecular complexity index is 1040. The van der Waals surface area contributed by atoms with Gasteiger partial charge in [0, 0.05) is 29.7 Å². The summed E-state index contributed by atoms with van der Waals surface area (Å²) in [6.07, 6.45) is 3.07. The number of benzene rings is 2. The van der Waals surface area contributed by atoms with Crippen LogP contribution >= 0.6 is 0 Å². The highest BCUT2D eigenvalue weighted by molar-refractivity contribution is 6.06. The number of hydrogen-bond donors (Lipinski definition) is 2. The lowest BCUT2D eigenvalue weighted by Gasteiger charge is -2.13. The number of carbonyl (C=O) groups excluding carboxylic acids is 2. The molecule has 2 amide bonds. The molecule has 1 heterocycles. The molecule has 0 saturated heterocycles. The molecule has 7 nitrogen and oxygen atoms in total. The molecular formula is C22H21N3O4. The minimum Gasteiger partial charge on any atom is -0.496 e. The molecule has 0 aliphatic carbocycles. The Morgan fingerprint density at radius 1 is 0.862 bits per heavy atom. The molecule has 0 unspecified atom stereocenters. The molecule has 148 valence electrons. The number of carbonyl (C=O) groups is 2. The van der Waals surface area contributed by atoms with E-state index in [-0.39, 0.29) is 11.8 Å². The first-order valence-corrected chi connectivity index (χ1v) is 8.87. The highest BCUT2D eigenvalue weighted by Crippen LogP contribution is 2.29. The average Bonchev–Trinajstić information content (AvgIpc) is 2.75. The molecule has 3 aromatic rings. The molecule has 29 heavy (non-hydrogen) atoms. The number of nitrogens with one attached hydrogen (secondary N) is 2. The molecule has 0 saturated carbocycles. The van der Waals surface area contributed by atoms with Gasteiger partial charge in [-0.3, -0.25) is 14.6 Å². The quantitative estimate of drug-likeness (QED) is 0.665. The van der Waals surface area contributed by atoms with Crippen molar-refractivity contribution in [2.75, 3.05) is 24.9 Å². The van der Waals surface area contributed by atoms with Crippen LogP contribution in [0.4, 0.5) is 11.4 Å². The van der Waals surface area contributed by atoms with Gasteiger partial charge in [-0.05, 0) is 48.9 Å². The summed E-state index contributed by atoms with van der Waals surface area (Å²) in [5.41, 5.74) is 2.86. The van der Waals surface area contributed by atoms with E-state index >= 15 is 0 Å². The smallest absolute Gasteiger partial charge is 0.257 e. The normalized spacial score (nSPS) is 10.2. The highest BCUT2D eigenvalue weighted by atomic mass is 16.5. The molecule has 2 aromatic carbocycles. The first-order valence-electron chi connectivity index (χ1n) is 8.87. The predicted molar refractivity (Wildman–Crippen MR) is 111 cm³/mol. The number of nitrogens with zero attached hydrogens (tertiary/aromatic N) is 1. The van der Waals surface area contributed by atoms with Crippen LogP contribution in [0.3, 0.4) is 0 Å². The van der Waals surface area contributed by atoms with Crippen molar-refractivity contribution in [2.24, 2.45) is 0 Å². The van der Waals surface area contributed by atoms with Crippen LogP contribution in [0, 0.1) is 6.92 Å². The van der Waals surface area contributed by atoms with Crippen molar-refractivity contribution >= 4 is 23.2 Å². The lowest BCUT2D eigenvalue weighted by atomic mass is 10.1. The van der Waals surface area contributed by atoms with Crippen LogP contribution in [0.5, 0.6) is 11.5 Å². The second kappa shape index (κ2) is 8.88. The van der Waals surface area contributed by atoms with Crippen molar-refractivity contribution in [3.8, 4) is 11.5 Å². The molecule has 2 N–H and O–H groups in total. The standard InChI is InChI=1S/C22H21N3O4/c1-14-6-7-15(11-19(14)28-2)21(26)24-17-8-9-18(20(12-17)29-3)25-22(27)16-5-4-10-23-13-16/h4-13H,1-3H3,(H,24,26)(H,25,27). The van der Waals surface area contributed by atoms with Gasteiger partial charge in [0.15, 0.2) is 0 Å². The first kappa shape index (κ1) is 19.9. The topological polar surface area (TPSA) is 89.6 Å². The molecule has 0 radical (unpaired) electrons. The number of aromatic nitrogens is 1. The van der Waals surface area contributed by atoms with Gasteiger partial charge in [-0.25, -0.2) is 0 Å². The summed E-state index contributed by atoms with van der Waals surface area (Å²) >= 11 is 0. The second-order valence-corrected chi connectivity index (χ2v) is 6.25. The van der Waals surface area contributed by atoms with Crippen LogP contribution in [0.1, 0.15) is 26.3 Å². The van der Waals surface area contributed by atoms with Crippen molar-refractivity contribution in [3.63, 3.8) is 0 Å². The van der Waals surface area contributed by atoms with Gasteiger partial charge < -0.3 is 20.1 Å². The lowest BCUT2D eigenvalue weighted by molar-refractivity contribution is 0.101. The molecule has 0 spiro atoms. The fraction of sp³-hybridized carbons (Fsp3) is 0.136. The fourth-order valence-corrected chi connectivity index (χ4v) is 2.73. The number of ether oxygens (including phenoxy) is 2. The first-order chi connectivity index (χ1) is 14.0. The van der Waals surface area contributed by atoms with E-state index in [1.54, 1.807) is 55.8 Å². The predicted octanol–water partition coefficient (Wildman–Crippen LogP) is 3.91. The van der Waals surface area contributed by atoms with Gasteiger partial charge in [-0.2, -0.15) is 0 Å². The maximum Gasteiger partial charge on any atom is 0.257 e. The SMILES string of the molecule is COc1cc(C(=O)Nc2ccc(NC(=O)c3cccnc3)c(OC)c2)ccc1C. The van der Waals surface area contributed by atoms with Crippen molar-refractivity contribution in [1.82, 2.24) is 4.98 Å². The summed E-state index contributed by atoms with van der Waals surface area (Å²) in [7, 11) is 3.05. The molecule has 1 aromatic heterocycles. The molecule has 0 aliphatic heterocycles. The summed E-state index contributed by atoms with van der Waals surface area (Å²) in [5.74, 6) is 0.475. The number of aryl methyl sites for hydroxylation is 1. The van der Waals surface area contributed by atoms with E-state index in [0.717, 1.165) is 5.56 Å². The van der Waals surface area contributed by atoms with Gasteiger partial charge in [-0.15, -0.1) is 0 Å². The minimum atomic E-state index is -0.306. The Morgan fingerprint density at radius 3 is 2.31 bits per heavy atom. The lowest BCUT2D eigenvalue weighted by Crippen LogP contribution is -2.14. The summed E-state index contributed by atoms with van der Waals surface area (Å²) in [4.78, 5) is 28.8. The Morgan fingerprint density at radius 2 is 1.62 bits per heavy atom. The molecule has 0 fully saturated rings. The van der Waals surface area contributed by atoms with E-state index in [1.807, 2.05) is 13.0 Å². The Labute approximate surface area is 168 Å². The zero-order valence-electron chi connectivity index (χ0n) is 16.4. The third kappa shape index (κ3) is 4.70. The van der Waals surface area contributed by atoms with E-state index < -0.39 is 0 Å². The van der Waals surface area contributed by atoms with Crippen LogP contribution in [-0.4, -0.2) is 31.0 Å². The largest absolute Gasteiger partial charge is 0.496 e. The van der Waals surface area contributed by atoms with Gasteiger partial charge in [0.1, 0.15) is 11.5 Å². The van der Waals surface area contributed by atoms with Crippen LogP contribution in [0.15, 0.2) is 60.9 Å². The van der Waals surface area contributed by atoms with Crippen LogP contribution in [0.2, 0.25) is 0 Å². The fourth-order valence-electron chi connectivity index (χ4n) is 2.73. The second-order valence-electron chi connectivity index (χ2n) is 6.25. The molecule has 0 bridgehead atoms. The molecule has 3 rings (SSSR count). The Hall–Kier alpha value is -3.87. The third-order valence-corrected chi connectivity index (χ3v) is 4.30. The average molecular weight is 391 g/mol. The van der Waals surface area contributed by atoms with E-state index in [0.29, 0.717) is 34.0 Å². The van der Waals surface area contributed by atoms with E-state index in [1.165, 1.54) is 13.3 Å². The number of amides is 2. The van der Waals surface area contributed by atoms with Crippen molar-refractivity contribution in [1.29, 1.82) is 0 Å². The molecule has 7 heteroatoms. The van der Waals surface area contributed by atoms with Gasteiger partial charge in [0.2, 0.25) is 0 Å². The van der Waals surface area contributed by atoms with Gasteiger partial charge in [-0.1, -0.05) is 6.07 Å². The number of methoxy groups -OCH3 is 2. The van der Waals surface area contributed by atoms with Crippen molar-refractivity contribution in [2.45, 2.75) is 6.92 Å². The number of anilines is 2. The van der Waals surface area contributed by atoms with Gasteiger partial charge in [0.05, 0.1) is 25.5 Å². The molecular weight excluding hydrogens is 370 g/mol. The van der Waals surface area contributed by atoms with Crippen LogP contribution in [-0.2, 0) is 0 Å². The maximum atomic E-state index is 12.6. The zero-order valence-corrected chi connectivity index (χ0v) is 16.4. The number of hydrogen-bond acceptors (Lipinski definition) is 5. The Balaban J connectivity index is 1.76. The summed E-state index contributed by atoms with van der Waals surface area (Å²) in [5, 5.41) is 5.60. The van der Waals surface area contributed by atoms with E-state index in [4.69, 9.17) is 9.47 Å². The van der Waals surface area contributed by atoms with Crippen molar-refractivity contribution < 1.29 is 19.1 Å². The third-order valence-electron chi connectivity index (χ3n) is 4.30. The highest BCUT2D eigenvalue weighted by Gasteiger charge is 2.13. The van der Waals surface area contributed by atoms with Gasteiger partial charge in [0.25, 0.3) is 11.8 Å². The number of rotatable bonds is 6. The summed E-state index contributed by atoms with van der Waals surface area (Å²) in [6.45, 7) is 1.91.